The fourth-order valence-electron chi connectivity index (χ4n) is 2.85. The van der Waals surface area contributed by atoms with Gasteiger partial charge in [-0.1, -0.05) is 0 Å². The Kier molecular flexibility index (Phi) is 8.12. The Hall–Kier alpha value is -1.80. The molecule has 1 fully saturated rings. The number of hydrogen-bond acceptors (Lipinski definition) is 5. The van der Waals surface area contributed by atoms with Crippen LogP contribution < -0.4 is 10.6 Å². The topological polar surface area (TPSA) is 70.7 Å². The van der Waals surface area contributed by atoms with Crippen molar-refractivity contribution < 1.29 is 18.7 Å². The third-order valence-electron chi connectivity index (χ3n) is 4.13. The predicted molar refractivity (Wildman–Crippen MR) is 109 cm³/mol. The Bertz CT molecular complexity index is 664. The largest absolute Gasteiger partial charge is 0.444 e. The Balaban J connectivity index is 1.98. The van der Waals surface area contributed by atoms with Gasteiger partial charge in [0.1, 0.15) is 11.4 Å². The fourth-order valence-corrected chi connectivity index (χ4v) is 3.78. The van der Waals surface area contributed by atoms with E-state index in [1.807, 2.05) is 11.8 Å². The van der Waals surface area contributed by atoms with Crippen LogP contribution in [0, 0.1) is 5.82 Å². The first-order valence-electron chi connectivity index (χ1n) is 9.51. The van der Waals surface area contributed by atoms with Crippen LogP contribution in [0.4, 0.5) is 9.18 Å². The van der Waals surface area contributed by atoms with Crippen LogP contribution in [0.15, 0.2) is 29.2 Å². The van der Waals surface area contributed by atoms with Gasteiger partial charge in [0.25, 0.3) is 0 Å². The van der Waals surface area contributed by atoms with Crippen molar-refractivity contribution >= 4 is 23.8 Å². The van der Waals surface area contributed by atoms with Crippen molar-refractivity contribution in [2.24, 2.45) is 0 Å². The highest BCUT2D eigenvalue weighted by Crippen LogP contribution is 2.20. The SMILES string of the molecule is C[C@H]1CN(C(=O)C[C@@H](CSc2ccc(F)cc2)NC(=O)OC(C)(C)C)CCN1. The van der Waals surface area contributed by atoms with E-state index in [1.165, 1.54) is 23.9 Å². The zero-order valence-electron chi connectivity index (χ0n) is 17.0. The minimum Gasteiger partial charge on any atom is -0.444 e. The van der Waals surface area contributed by atoms with Crippen molar-refractivity contribution in [3.8, 4) is 0 Å². The van der Waals surface area contributed by atoms with Gasteiger partial charge in [0.2, 0.25) is 5.91 Å². The molecule has 1 aromatic rings. The molecule has 156 valence electrons. The van der Waals surface area contributed by atoms with E-state index in [-0.39, 0.29) is 30.2 Å². The minimum atomic E-state index is -0.614. The van der Waals surface area contributed by atoms with Crippen molar-refractivity contribution in [2.45, 2.75) is 56.7 Å². The van der Waals surface area contributed by atoms with E-state index in [2.05, 4.69) is 10.6 Å². The molecule has 8 heteroatoms. The first-order chi connectivity index (χ1) is 13.1. The maximum atomic E-state index is 13.1. The molecule has 1 saturated heterocycles. The molecule has 1 heterocycles. The Morgan fingerprint density at radius 3 is 2.64 bits per heavy atom. The molecule has 1 aromatic carbocycles. The highest BCUT2D eigenvalue weighted by atomic mass is 32.2. The molecule has 0 saturated carbocycles. The Labute approximate surface area is 170 Å². The van der Waals surface area contributed by atoms with Crippen LogP contribution in [0.25, 0.3) is 0 Å². The molecule has 6 nitrogen and oxygen atoms in total. The average molecular weight is 412 g/mol. The molecule has 0 aliphatic carbocycles. The quantitative estimate of drug-likeness (QED) is 0.704. The number of benzene rings is 1. The maximum Gasteiger partial charge on any atom is 0.407 e. The van der Waals surface area contributed by atoms with Crippen molar-refractivity contribution in [1.29, 1.82) is 0 Å². The third kappa shape index (κ3) is 8.06. The number of piperazine rings is 1. The van der Waals surface area contributed by atoms with Gasteiger partial charge in [0.15, 0.2) is 0 Å². The molecule has 1 aliphatic rings. The molecule has 28 heavy (non-hydrogen) atoms. The van der Waals surface area contributed by atoms with E-state index >= 15 is 0 Å². The number of ether oxygens (including phenoxy) is 1. The summed E-state index contributed by atoms with van der Waals surface area (Å²) in [5, 5.41) is 6.13. The van der Waals surface area contributed by atoms with Gasteiger partial charge in [0.05, 0.1) is 6.04 Å². The molecule has 1 aliphatic heterocycles. The van der Waals surface area contributed by atoms with Gasteiger partial charge in [-0.2, -0.15) is 0 Å². The van der Waals surface area contributed by atoms with Gasteiger partial charge in [-0.25, -0.2) is 9.18 Å². The van der Waals surface area contributed by atoms with E-state index in [0.29, 0.717) is 18.8 Å². The lowest BCUT2D eigenvalue weighted by Gasteiger charge is -2.33. The highest BCUT2D eigenvalue weighted by molar-refractivity contribution is 7.99. The summed E-state index contributed by atoms with van der Waals surface area (Å²) in [4.78, 5) is 27.6. The minimum absolute atomic E-state index is 0.00844. The summed E-state index contributed by atoms with van der Waals surface area (Å²) >= 11 is 1.47. The number of amides is 2. The van der Waals surface area contributed by atoms with E-state index in [4.69, 9.17) is 4.74 Å². The summed E-state index contributed by atoms with van der Waals surface area (Å²) < 4.78 is 18.4. The molecule has 0 aromatic heterocycles. The predicted octanol–water partition coefficient (Wildman–Crippen LogP) is 3.02. The van der Waals surface area contributed by atoms with Crippen LogP contribution in [0.2, 0.25) is 0 Å². The second kappa shape index (κ2) is 10.1. The molecule has 2 N–H and O–H groups in total. The van der Waals surface area contributed by atoms with Crippen molar-refractivity contribution in [3.05, 3.63) is 30.1 Å². The summed E-state index contributed by atoms with van der Waals surface area (Å²) in [5.74, 6) is 0.197. The van der Waals surface area contributed by atoms with Crippen molar-refractivity contribution in [3.63, 3.8) is 0 Å². The highest BCUT2D eigenvalue weighted by Gasteiger charge is 2.26. The number of rotatable bonds is 6. The van der Waals surface area contributed by atoms with Gasteiger partial charge in [-0.05, 0) is 52.0 Å². The molecule has 0 unspecified atom stereocenters. The lowest BCUT2D eigenvalue weighted by atomic mass is 10.1. The normalized spacial score (nSPS) is 18.5. The van der Waals surface area contributed by atoms with Crippen LogP contribution in [-0.4, -0.2) is 60.0 Å². The molecule has 0 radical (unpaired) electrons. The second-order valence-corrected chi connectivity index (χ2v) is 9.10. The van der Waals surface area contributed by atoms with Gasteiger partial charge in [-0.15, -0.1) is 11.8 Å². The van der Waals surface area contributed by atoms with E-state index in [1.54, 1.807) is 32.9 Å². The molecule has 2 rings (SSSR count). The van der Waals surface area contributed by atoms with Crippen molar-refractivity contribution in [1.82, 2.24) is 15.5 Å². The van der Waals surface area contributed by atoms with E-state index in [0.717, 1.165) is 11.4 Å². The molecule has 2 atom stereocenters. The standard InChI is InChI=1S/C20H30FN3O3S/c1-14-12-24(10-9-22-14)18(25)11-16(23-19(26)27-20(2,3)4)13-28-17-7-5-15(21)6-8-17/h5-8,14,16,22H,9-13H2,1-4H3,(H,23,26)/t14-,16-/m0/s1. The number of nitrogens with one attached hydrogen (secondary N) is 2. The number of hydrogen-bond donors (Lipinski definition) is 2. The summed E-state index contributed by atoms with van der Waals surface area (Å²) in [6.07, 6.45) is -0.348. The first-order valence-corrected chi connectivity index (χ1v) is 10.5. The van der Waals surface area contributed by atoms with Crippen LogP contribution in [-0.2, 0) is 9.53 Å². The Morgan fingerprint density at radius 1 is 1.36 bits per heavy atom. The summed E-state index contributed by atoms with van der Waals surface area (Å²) in [6, 6.07) is 6.03. The van der Waals surface area contributed by atoms with Gasteiger partial charge < -0.3 is 20.3 Å². The summed E-state index contributed by atoms with van der Waals surface area (Å²) in [7, 11) is 0. The average Bonchev–Trinajstić information content (AvgIpc) is 2.59. The fraction of sp³-hybridized carbons (Fsp3) is 0.600. The summed E-state index contributed by atoms with van der Waals surface area (Å²) in [6.45, 7) is 9.50. The zero-order chi connectivity index (χ0) is 20.7. The number of nitrogens with zero attached hydrogens (tertiary/aromatic N) is 1. The van der Waals surface area contributed by atoms with E-state index < -0.39 is 11.7 Å². The van der Waals surface area contributed by atoms with Crippen LogP contribution >= 0.6 is 11.8 Å². The first kappa shape index (κ1) is 22.5. The lowest BCUT2D eigenvalue weighted by molar-refractivity contribution is -0.132. The van der Waals surface area contributed by atoms with Crippen molar-refractivity contribution in [2.75, 3.05) is 25.4 Å². The number of carbonyl (C=O) groups excluding carboxylic acids is 2. The van der Waals surface area contributed by atoms with Crippen LogP contribution in [0.5, 0.6) is 0 Å². The molecule has 0 bridgehead atoms. The number of halogens is 1. The molecular formula is C20H30FN3O3S. The van der Waals surface area contributed by atoms with Crippen LogP contribution in [0.1, 0.15) is 34.1 Å². The zero-order valence-corrected chi connectivity index (χ0v) is 17.8. The smallest absolute Gasteiger partial charge is 0.407 e. The van der Waals surface area contributed by atoms with Crippen LogP contribution in [0.3, 0.4) is 0 Å². The maximum absolute atomic E-state index is 13.1. The molecular weight excluding hydrogens is 381 g/mol. The van der Waals surface area contributed by atoms with Gasteiger partial charge in [-0.3, -0.25) is 4.79 Å². The Morgan fingerprint density at radius 2 is 2.04 bits per heavy atom. The second-order valence-electron chi connectivity index (χ2n) is 8.01. The number of thioether (sulfide) groups is 1. The van der Waals surface area contributed by atoms with Gasteiger partial charge in [0, 0.05) is 42.7 Å². The molecule has 0 spiro atoms. The monoisotopic (exact) mass is 411 g/mol. The number of alkyl carbamates (subject to hydrolysis) is 1. The lowest BCUT2D eigenvalue weighted by Crippen LogP contribution is -2.52. The number of carbonyl (C=O) groups is 2. The van der Waals surface area contributed by atoms with Gasteiger partial charge >= 0.3 is 6.09 Å². The molecule has 2 amide bonds. The third-order valence-corrected chi connectivity index (χ3v) is 5.30. The summed E-state index contributed by atoms with van der Waals surface area (Å²) in [5.41, 5.74) is -0.614. The van der Waals surface area contributed by atoms with E-state index in [9.17, 15) is 14.0 Å².